The first-order valence-corrected chi connectivity index (χ1v) is 9.25. The van der Waals surface area contributed by atoms with Crippen molar-refractivity contribution < 1.29 is 14.1 Å². The number of nitrogens with zero attached hydrogens (tertiary/aromatic N) is 3. The van der Waals surface area contributed by atoms with Crippen LogP contribution < -0.4 is 10.6 Å². The standard InChI is InChI=1S/C20H21N5O4/c26-18(22-14-13-21-16-9-4-5-10-17(16)25(27)28)11-6-12-19-23-24-20(29-19)15-7-2-1-3-8-15/h1-5,7-10,21H,6,11-14H2,(H,22,26). The lowest BCUT2D eigenvalue weighted by Gasteiger charge is -2.08. The van der Waals surface area contributed by atoms with Crippen molar-refractivity contribution >= 4 is 17.3 Å². The molecule has 0 atom stereocenters. The van der Waals surface area contributed by atoms with Gasteiger partial charge in [-0.05, 0) is 24.6 Å². The molecule has 0 saturated heterocycles. The number of nitrogens with one attached hydrogen (secondary N) is 2. The highest BCUT2D eigenvalue weighted by atomic mass is 16.6. The van der Waals surface area contributed by atoms with Crippen molar-refractivity contribution in [1.29, 1.82) is 0 Å². The number of rotatable bonds is 10. The number of nitro groups is 1. The predicted octanol–water partition coefficient (Wildman–Crippen LogP) is 3.20. The van der Waals surface area contributed by atoms with Crippen LogP contribution in [0.5, 0.6) is 0 Å². The number of aromatic nitrogens is 2. The van der Waals surface area contributed by atoms with E-state index in [0.717, 1.165) is 5.56 Å². The zero-order valence-corrected chi connectivity index (χ0v) is 15.7. The maximum atomic E-state index is 11.9. The second kappa shape index (κ2) is 9.98. The molecule has 150 valence electrons. The van der Waals surface area contributed by atoms with E-state index in [1.165, 1.54) is 6.07 Å². The molecule has 0 aliphatic heterocycles. The number of anilines is 1. The molecular formula is C20H21N5O4. The van der Waals surface area contributed by atoms with E-state index in [0.29, 0.717) is 49.8 Å². The van der Waals surface area contributed by atoms with E-state index >= 15 is 0 Å². The van der Waals surface area contributed by atoms with Crippen molar-refractivity contribution in [1.82, 2.24) is 15.5 Å². The molecule has 0 spiro atoms. The topological polar surface area (TPSA) is 123 Å². The quantitative estimate of drug-likeness (QED) is 0.307. The van der Waals surface area contributed by atoms with Gasteiger partial charge in [0.25, 0.3) is 5.69 Å². The van der Waals surface area contributed by atoms with Crippen molar-refractivity contribution in [2.45, 2.75) is 19.3 Å². The minimum atomic E-state index is -0.443. The van der Waals surface area contributed by atoms with Gasteiger partial charge in [0.05, 0.1) is 4.92 Å². The molecule has 0 aliphatic rings. The summed E-state index contributed by atoms with van der Waals surface area (Å²) in [5.74, 6) is 0.859. The number of benzene rings is 2. The Morgan fingerprint density at radius 3 is 2.59 bits per heavy atom. The number of carbonyl (C=O) groups is 1. The number of hydrogen-bond acceptors (Lipinski definition) is 7. The molecule has 1 aromatic heterocycles. The Balaban J connectivity index is 1.35. The van der Waals surface area contributed by atoms with Crippen LogP contribution in [0.1, 0.15) is 18.7 Å². The highest BCUT2D eigenvalue weighted by Crippen LogP contribution is 2.22. The van der Waals surface area contributed by atoms with E-state index in [-0.39, 0.29) is 11.6 Å². The maximum absolute atomic E-state index is 11.9. The average molecular weight is 395 g/mol. The van der Waals surface area contributed by atoms with E-state index < -0.39 is 4.92 Å². The Morgan fingerprint density at radius 2 is 1.79 bits per heavy atom. The molecule has 0 fully saturated rings. The summed E-state index contributed by atoms with van der Waals surface area (Å²) in [6.07, 6.45) is 1.43. The second-order valence-corrected chi connectivity index (χ2v) is 6.27. The van der Waals surface area contributed by atoms with Gasteiger partial charge in [-0.15, -0.1) is 10.2 Å². The smallest absolute Gasteiger partial charge is 0.292 e. The summed E-state index contributed by atoms with van der Waals surface area (Å²) >= 11 is 0. The van der Waals surface area contributed by atoms with E-state index in [1.54, 1.807) is 18.2 Å². The van der Waals surface area contributed by atoms with Crippen molar-refractivity contribution in [3.8, 4) is 11.5 Å². The molecule has 1 heterocycles. The minimum Gasteiger partial charge on any atom is -0.421 e. The van der Waals surface area contributed by atoms with Crippen molar-refractivity contribution in [3.63, 3.8) is 0 Å². The fourth-order valence-electron chi connectivity index (χ4n) is 2.72. The second-order valence-electron chi connectivity index (χ2n) is 6.27. The molecular weight excluding hydrogens is 374 g/mol. The number of aryl methyl sites for hydroxylation is 1. The molecule has 0 saturated carbocycles. The van der Waals surface area contributed by atoms with Gasteiger partial charge in [0, 0.05) is 37.6 Å². The van der Waals surface area contributed by atoms with Gasteiger partial charge in [-0.25, -0.2) is 0 Å². The highest BCUT2D eigenvalue weighted by molar-refractivity contribution is 5.75. The van der Waals surface area contributed by atoms with Gasteiger partial charge in [-0.3, -0.25) is 14.9 Å². The predicted molar refractivity (Wildman–Crippen MR) is 107 cm³/mol. The van der Waals surface area contributed by atoms with Crippen LogP contribution in [0, 0.1) is 10.1 Å². The van der Waals surface area contributed by atoms with Gasteiger partial charge in [0.15, 0.2) is 0 Å². The van der Waals surface area contributed by atoms with Gasteiger partial charge in [0.2, 0.25) is 17.7 Å². The van der Waals surface area contributed by atoms with Crippen LogP contribution in [0.25, 0.3) is 11.5 Å². The van der Waals surface area contributed by atoms with Crippen LogP contribution in [0.15, 0.2) is 59.0 Å². The van der Waals surface area contributed by atoms with E-state index in [9.17, 15) is 14.9 Å². The molecule has 0 radical (unpaired) electrons. The Hall–Kier alpha value is -3.75. The Bertz CT molecular complexity index is 958. The summed E-state index contributed by atoms with van der Waals surface area (Å²) in [6, 6.07) is 15.9. The number of carbonyl (C=O) groups excluding carboxylic acids is 1. The third-order valence-corrected chi connectivity index (χ3v) is 4.15. The van der Waals surface area contributed by atoms with Crippen LogP contribution in [0.4, 0.5) is 11.4 Å². The fourth-order valence-corrected chi connectivity index (χ4v) is 2.72. The van der Waals surface area contributed by atoms with Gasteiger partial charge < -0.3 is 15.1 Å². The maximum Gasteiger partial charge on any atom is 0.292 e. The molecule has 3 rings (SSSR count). The molecule has 29 heavy (non-hydrogen) atoms. The Morgan fingerprint density at radius 1 is 1.03 bits per heavy atom. The molecule has 0 bridgehead atoms. The minimum absolute atomic E-state index is 0.00764. The molecule has 9 heteroatoms. The van der Waals surface area contributed by atoms with Gasteiger partial charge in [-0.2, -0.15) is 0 Å². The monoisotopic (exact) mass is 395 g/mol. The van der Waals surface area contributed by atoms with E-state index in [1.807, 2.05) is 30.3 Å². The van der Waals surface area contributed by atoms with Gasteiger partial charge in [0.1, 0.15) is 5.69 Å². The molecule has 1 amide bonds. The lowest BCUT2D eigenvalue weighted by molar-refractivity contribution is -0.384. The molecule has 0 unspecified atom stereocenters. The van der Waals surface area contributed by atoms with E-state index in [4.69, 9.17) is 4.42 Å². The van der Waals surface area contributed by atoms with Crippen molar-refractivity contribution in [3.05, 3.63) is 70.6 Å². The summed E-state index contributed by atoms with van der Waals surface area (Å²) in [5, 5.41) is 24.7. The summed E-state index contributed by atoms with van der Waals surface area (Å²) in [4.78, 5) is 22.4. The SMILES string of the molecule is O=C(CCCc1nnc(-c2ccccc2)o1)NCCNc1ccccc1[N+](=O)[O-]. The Labute approximate surface area is 167 Å². The summed E-state index contributed by atoms with van der Waals surface area (Å²) in [5.41, 5.74) is 1.29. The normalized spacial score (nSPS) is 10.5. The largest absolute Gasteiger partial charge is 0.421 e. The first-order chi connectivity index (χ1) is 14.1. The summed E-state index contributed by atoms with van der Waals surface area (Å²) in [6.45, 7) is 0.754. The molecule has 2 aromatic carbocycles. The average Bonchev–Trinajstić information content (AvgIpc) is 3.21. The zero-order chi connectivity index (χ0) is 20.5. The third kappa shape index (κ3) is 5.86. The van der Waals surface area contributed by atoms with Gasteiger partial charge in [-0.1, -0.05) is 30.3 Å². The van der Waals surface area contributed by atoms with Crippen LogP contribution in [0.3, 0.4) is 0 Å². The van der Waals surface area contributed by atoms with Crippen LogP contribution >= 0.6 is 0 Å². The fraction of sp³-hybridized carbons (Fsp3) is 0.250. The lowest BCUT2D eigenvalue weighted by atomic mass is 10.2. The molecule has 3 aromatic rings. The molecule has 2 N–H and O–H groups in total. The zero-order valence-electron chi connectivity index (χ0n) is 15.7. The number of para-hydroxylation sites is 2. The first-order valence-electron chi connectivity index (χ1n) is 9.25. The number of hydrogen-bond donors (Lipinski definition) is 2. The summed E-state index contributed by atoms with van der Waals surface area (Å²) in [7, 11) is 0. The van der Waals surface area contributed by atoms with E-state index in [2.05, 4.69) is 20.8 Å². The Kier molecular flexibility index (Phi) is 6.88. The number of amides is 1. The lowest BCUT2D eigenvalue weighted by Crippen LogP contribution is -2.28. The summed E-state index contributed by atoms with van der Waals surface area (Å²) < 4.78 is 5.61. The van der Waals surface area contributed by atoms with Crippen LogP contribution in [0.2, 0.25) is 0 Å². The van der Waals surface area contributed by atoms with Crippen LogP contribution in [-0.4, -0.2) is 34.1 Å². The van der Waals surface area contributed by atoms with Crippen LogP contribution in [-0.2, 0) is 11.2 Å². The third-order valence-electron chi connectivity index (χ3n) is 4.15. The highest BCUT2D eigenvalue weighted by Gasteiger charge is 2.12. The van der Waals surface area contributed by atoms with Crippen molar-refractivity contribution in [2.24, 2.45) is 0 Å². The molecule has 9 nitrogen and oxygen atoms in total. The van der Waals surface area contributed by atoms with Gasteiger partial charge >= 0.3 is 0 Å². The number of nitro benzene ring substituents is 1. The first kappa shape index (κ1) is 20.0. The molecule has 0 aliphatic carbocycles. The van der Waals surface area contributed by atoms with Crippen molar-refractivity contribution in [2.75, 3.05) is 18.4 Å².